The van der Waals surface area contributed by atoms with Crippen LogP contribution in [0.5, 0.6) is 0 Å². The van der Waals surface area contributed by atoms with Crippen LogP contribution in [-0.2, 0) is 12.6 Å². The van der Waals surface area contributed by atoms with Crippen molar-refractivity contribution in [3.05, 3.63) is 59.2 Å². The fourth-order valence-electron chi connectivity index (χ4n) is 2.64. The molecule has 1 heterocycles. The first kappa shape index (κ1) is 13.5. The lowest BCUT2D eigenvalue weighted by Crippen LogP contribution is -2.15. The predicted molar refractivity (Wildman–Crippen MR) is 73.3 cm³/mol. The topological polar surface area (TPSA) is 27.0 Å². The first-order chi connectivity index (χ1) is 10.0. The van der Waals surface area contributed by atoms with E-state index in [4.69, 9.17) is 5.26 Å². The van der Waals surface area contributed by atoms with Gasteiger partial charge in [-0.3, -0.25) is 0 Å². The van der Waals surface area contributed by atoms with Gasteiger partial charge >= 0.3 is 6.18 Å². The third kappa shape index (κ3) is 2.33. The molecule has 21 heavy (non-hydrogen) atoms. The first-order valence-corrected chi connectivity index (χ1v) is 6.47. The zero-order valence-corrected chi connectivity index (χ0v) is 11.0. The zero-order valence-electron chi connectivity index (χ0n) is 11.0. The molecule has 0 unspecified atom stereocenters. The van der Waals surface area contributed by atoms with Gasteiger partial charge in [0.1, 0.15) is 0 Å². The number of alkyl halides is 3. The lowest BCUT2D eigenvalue weighted by molar-refractivity contribution is -0.137. The van der Waals surface area contributed by atoms with E-state index >= 15 is 0 Å². The van der Waals surface area contributed by atoms with E-state index in [9.17, 15) is 13.2 Å². The molecule has 106 valence electrons. The zero-order chi connectivity index (χ0) is 15.0. The molecule has 0 N–H and O–H groups in total. The Morgan fingerprint density at radius 3 is 2.57 bits per heavy atom. The second kappa shape index (κ2) is 4.81. The SMILES string of the molecule is N#Cc1ccc(N2CCc3ccccc32)cc1C(F)(F)F. The Morgan fingerprint density at radius 2 is 1.86 bits per heavy atom. The summed E-state index contributed by atoms with van der Waals surface area (Å²) in [7, 11) is 0. The molecule has 5 heteroatoms. The minimum atomic E-state index is -4.53. The molecule has 0 spiro atoms. The molecule has 0 aromatic heterocycles. The van der Waals surface area contributed by atoms with E-state index in [1.54, 1.807) is 12.1 Å². The number of halogens is 3. The quantitative estimate of drug-likeness (QED) is 0.783. The highest BCUT2D eigenvalue weighted by Crippen LogP contribution is 2.38. The van der Waals surface area contributed by atoms with E-state index in [2.05, 4.69) is 0 Å². The molecular weight excluding hydrogens is 277 g/mol. The van der Waals surface area contributed by atoms with Gasteiger partial charge in [-0.15, -0.1) is 0 Å². The summed E-state index contributed by atoms with van der Waals surface area (Å²) < 4.78 is 39.1. The van der Waals surface area contributed by atoms with Crippen LogP contribution in [0.25, 0.3) is 0 Å². The molecule has 2 aromatic carbocycles. The monoisotopic (exact) mass is 288 g/mol. The molecule has 2 aromatic rings. The molecule has 0 aliphatic carbocycles. The second-order valence-corrected chi connectivity index (χ2v) is 4.87. The van der Waals surface area contributed by atoms with Crippen molar-refractivity contribution in [2.45, 2.75) is 12.6 Å². The summed E-state index contributed by atoms with van der Waals surface area (Å²) in [6, 6.07) is 13.1. The second-order valence-electron chi connectivity index (χ2n) is 4.87. The number of hydrogen-bond donors (Lipinski definition) is 0. The van der Waals surface area contributed by atoms with Crippen LogP contribution in [0.4, 0.5) is 24.5 Å². The van der Waals surface area contributed by atoms with Gasteiger partial charge in [0, 0.05) is 17.9 Å². The Kier molecular flexibility index (Phi) is 3.09. The van der Waals surface area contributed by atoms with Gasteiger partial charge in [0.05, 0.1) is 17.2 Å². The van der Waals surface area contributed by atoms with Gasteiger partial charge in [-0.25, -0.2) is 0 Å². The standard InChI is InChI=1S/C16H11F3N2/c17-16(18,19)14-9-13(6-5-12(14)10-20)21-8-7-11-3-1-2-4-15(11)21/h1-6,9H,7-8H2. The minimum absolute atomic E-state index is 0.348. The predicted octanol–water partition coefficient (Wildman–Crippen LogP) is 4.27. The average Bonchev–Trinajstić information content (AvgIpc) is 2.89. The van der Waals surface area contributed by atoms with E-state index in [0.717, 1.165) is 23.7 Å². The first-order valence-electron chi connectivity index (χ1n) is 6.47. The number of anilines is 2. The molecule has 3 rings (SSSR count). The summed E-state index contributed by atoms with van der Waals surface area (Å²) in [6.45, 7) is 0.641. The third-order valence-electron chi connectivity index (χ3n) is 3.63. The van der Waals surface area contributed by atoms with Crippen LogP contribution in [0.3, 0.4) is 0 Å². The molecular formula is C16H11F3N2. The summed E-state index contributed by atoms with van der Waals surface area (Å²) in [4.78, 5) is 1.85. The van der Waals surface area contributed by atoms with Crippen LogP contribution < -0.4 is 4.90 Å². The van der Waals surface area contributed by atoms with Gasteiger partial charge in [0.2, 0.25) is 0 Å². The molecule has 0 amide bonds. The maximum atomic E-state index is 13.0. The molecule has 2 nitrogen and oxygen atoms in total. The van der Waals surface area contributed by atoms with Gasteiger partial charge in [-0.05, 0) is 36.2 Å². The number of fused-ring (bicyclic) bond motifs is 1. The van der Waals surface area contributed by atoms with E-state index in [-0.39, 0.29) is 5.56 Å². The lowest BCUT2D eigenvalue weighted by atomic mass is 10.1. The summed E-state index contributed by atoms with van der Waals surface area (Å²) in [6.07, 6.45) is -3.72. The van der Waals surface area contributed by atoms with Crippen LogP contribution in [-0.4, -0.2) is 6.54 Å². The minimum Gasteiger partial charge on any atom is -0.341 e. The Morgan fingerprint density at radius 1 is 1.10 bits per heavy atom. The molecule has 0 radical (unpaired) electrons. The molecule has 0 saturated carbocycles. The number of nitrogens with zero attached hydrogens (tertiary/aromatic N) is 2. The highest BCUT2D eigenvalue weighted by molar-refractivity contribution is 5.71. The molecule has 1 aliphatic heterocycles. The van der Waals surface area contributed by atoms with E-state index in [0.29, 0.717) is 12.2 Å². The number of rotatable bonds is 1. The van der Waals surface area contributed by atoms with Crippen molar-refractivity contribution in [2.75, 3.05) is 11.4 Å². The highest BCUT2D eigenvalue weighted by atomic mass is 19.4. The number of hydrogen-bond acceptors (Lipinski definition) is 2. The van der Waals surface area contributed by atoms with Crippen molar-refractivity contribution < 1.29 is 13.2 Å². The highest BCUT2D eigenvalue weighted by Gasteiger charge is 2.34. The maximum absolute atomic E-state index is 13.0. The van der Waals surface area contributed by atoms with Crippen molar-refractivity contribution >= 4 is 11.4 Å². The average molecular weight is 288 g/mol. The Labute approximate surface area is 120 Å². The number of nitriles is 1. The fraction of sp³-hybridized carbons (Fsp3) is 0.188. The van der Waals surface area contributed by atoms with Crippen molar-refractivity contribution in [3.63, 3.8) is 0 Å². The Hall–Kier alpha value is -2.48. The van der Waals surface area contributed by atoms with Crippen molar-refractivity contribution in [1.82, 2.24) is 0 Å². The summed E-state index contributed by atoms with van der Waals surface area (Å²) in [5.74, 6) is 0. The summed E-state index contributed by atoms with van der Waals surface area (Å²) in [5, 5.41) is 8.83. The molecule has 0 atom stereocenters. The van der Waals surface area contributed by atoms with E-state index < -0.39 is 11.7 Å². The molecule has 1 aliphatic rings. The van der Waals surface area contributed by atoms with Crippen LogP contribution in [0.15, 0.2) is 42.5 Å². The van der Waals surface area contributed by atoms with Crippen molar-refractivity contribution in [2.24, 2.45) is 0 Å². The van der Waals surface area contributed by atoms with Gasteiger partial charge in [-0.1, -0.05) is 18.2 Å². The van der Waals surface area contributed by atoms with Gasteiger partial charge in [-0.2, -0.15) is 18.4 Å². The van der Waals surface area contributed by atoms with Crippen LogP contribution in [0.2, 0.25) is 0 Å². The molecule has 0 bridgehead atoms. The molecule has 0 saturated heterocycles. The smallest absolute Gasteiger partial charge is 0.341 e. The number of benzene rings is 2. The lowest BCUT2D eigenvalue weighted by Gasteiger charge is -2.21. The molecule has 0 fully saturated rings. The Balaban J connectivity index is 2.08. The normalized spacial score (nSPS) is 13.9. The number of para-hydroxylation sites is 1. The van der Waals surface area contributed by atoms with E-state index in [1.807, 2.05) is 29.2 Å². The van der Waals surface area contributed by atoms with Gasteiger partial charge in [0.15, 0.2) is 0 Å². The van der Waals surface area contributed by atoms with Gasteiger partial charge < -0.3 is 4.90 Å². The third-order valence-corrected chi connectivity index (χ3v) is 3.63. The largest absolute Gasteiger partial charge is 0.417 e. The van der Waals surface area contributed by atoms with Gasteiger partial charge in [0.25, 0.3) is 0 Å². The van der Waals surface area contributed by atoms with Crippen molar-refractivity contribution in [3.8, 4) is 6.07 Å². The summed E-state index contributed by atoms with van der Waals surface area (Å²) >= 11 is 0. The van der Waals surface area contributed by atoms with Crippen LogP contribution >= 0.6 is 0 Å². The van der Waals surface area contributed by atoms with Crippen LogP contribution in [0.1, 0.15) is 16.7 Å². The summed E-state index contributed by atoms with van der Waals surface area (Å²) in [5.41, 5.74) is 1.28. The Bertz CT molecular complexity index is 729. The fourth-order valence-corrected chi connectivity index (χ4v) is 2.64. The van der Waals surface area contributed by atoms with E-state index in [1.165, 1.54) is 6.07 Å². The maximum Gasteiger partial charge on any atom is 0.417 e. The van der Waals surface area contributed by atoms with Crippen molar-refractivity contribution in [1.29, 1.82) is 5.26 Å². The van der Waals surface area contributed by atoms with Crippen LogP contribution in [0, 0.1) is 11.3 Å².